The van der Waals surface area contributed by atoms with Gasteiger partial charge in [-0.2, -0.15) is 0 Å². The lowest BCUT2D eigenvalue weighted by molar-refractivity contribution is -0.115. The van der Waals surface area contributed by atoms with Gasteiger partial charge in [0.05, 0.1) is 11.9 Å². The minimum atomic E-state index is -0.100. The Bertz CT molecular complexity index is 517. The zero-order valence-corrected chi connectivity index (χ0v) is 9.97. The lowest BCUT2D eigenvalue weighted by Crippen LogP contribution is -2.20. The van der Waals surface area contributed by atoms with E-state index in [-0.39, 0.29) is 5.91 Å². The molecule has 2 rings (SSSR count). The Morgan fingerprint density at radius 1 is 1.35 bits per heavy atom. The Balaban J connectivity index is 2.37. The molecule has 1 N–H and O–H groups in total. The number of hydrogen-bond donors (Lipinski definition) is 1. The zero-order chi connectivity index (χ0) is 12.3. The molecule has 0 aliphatic carbocycles. The minimum Gasteiger partial charge on any atom is -0.274 e. The van der Waals surface area contributed by atoms with Crippen molar-refractivity contribution in [2.45, 2.75) is 20.3 Å². The van der Waals surface area contributed by atoms with Crippen molar-refractivity contribution in [3.63, 3.8) is 0 Å². The Morgan fingerprint density at radius 2 is 2.06 bits per heavy atom. The fourth-order valence-electron chi connectivity index (χ4n) is 1.68. The van der Waals surface area contributed by atoms with Crippen LogP contribution in [-0.2, 0) is 11.2 Å². The summed E-state index contributed by atoms with van der Waals surface area (Å²) in [6.07, 6.45) is 2.61. The Hall–Kier alpha value is -2.10. The van der Waals surface area contributed by atoms with Gasteiger partial charge < -0.3 is 0 Å². The lowest BCUT2D eigenvalue weighted by atomic mass is 10.2. The van der Waals surface area contributed by atoms with Crippen LogP contribution in [0.1, 0.15) is 19.7 Å². The number of rotatable bonds is 3. The van der Waals surface area contributed by atoms with Gasteiger partial charge in [-0.1, -0.05) is 37.3 Å². The van der Waals surface area contributed by atoms with Crippen LogP contribution in [0.25, 0.3) is 11.3 Å². The second-order valence-electron chi connectivity index (χ2n) is 3.80. The van der Waals surface area contributed by atoms with Gasteiger partial charge >= 0.3 is 0 Å². The first kappa shape index (κ1) is 11.4. The normalized spacial score (nSPS) is 10.2. The lowest BCUT2D eigenvalue weighted by Gasteiger charge is -2.04. The number of nitrogens with one attached hydrogen (secondary N) is 1. The van der Waals surface area contributed by atoms with Gasteiger partial charge in [-0.05, 0) is 0 Å². The van der Waals surface area contributed by atoms with Crippen molar-refractivity contribution in [3.05, 3.63) is 42.4 Å². The number of carbonyl (C=O) groups excluding carboxylic acids is 1. The molecule has 0 fully saturated rings. The maximum Gasteiger partial charge on any atom is 0.235 e. The summed E-state index contributed by atoms with van der Waals surface area (Å²) in [7, 11) is 0. The Kier molecular flexibility index (Phi) is 3.23. The molecular weight excluding hydrogens is 214 g/mol. The van der Waals surface area contributed by atoms with E-state index in [9.17, 15) is 4.79 Å². The van der Waals surface area contributed by atoms with Crippen molar-refractivity contribution >= 4 is 5.91 Å². The molecule has 0 unspecified atom stereocenters. The van der Waals surface area contributed by atoms with E-state index in [2.05, 4.69) is 10.4 Å². The number of nitrogens with zero attached hydrogens (tertiary/aromatic N) is 2. The van der Waals surface area contributed by atoms with Crippen LogP contribution in [0.15, 0.2) is 36.5 Å². The predicted octanol–water partition coefficient (Wildman–Crippen LogP) is 2.20. The molecule has 1 amide bonds. The molecule has 0 spiro atoms. The maximum absolute atomic E-state index is 11.1. The third kappa shape index (κ3) is 2.53. The van der Waals surface area contributed by atoms with Gasteiger partial charge in [0.25, 0.3) is 0 Å². The molecular formula is C13H15N3O. The first-order valence-corrected chi connectivity index (χ1v) is 5.62. The molecule has 1 heterocycles. The third-order valence-electron chi connectivity index (χ3n) is 2.44. The minimum absolute atomic E-state index is 0.100. The highest BCUT2D eigenvalue weighted by atomic mass is 16.2. The summed E-state index contributed by atoms with van der Waals surface area (Å²) in [5.41, 5.74) is 4.65. The number of aryl methyl sites for hydroxylation is 1. The monoisotopic (exact) mass is 229 g/mol. The van der Waals surface area contributed by atoms with Crippen molar-refractivity contribution in [1.29, 1.82) is 0 Å². The van der Waals surface area contributed by atoms with E-state index in [0.29, 0.717) is 0 Å². The summed E-state index contributed by atoms with van der Waals surface area (Å²) in [6, 6.07) is 9.91. The Morgan fingerprint density at radius 3 is 2.65 bits per heavy atom. The van der Waals surface area contributed by atoms with Gasteiger partial charge in [-0.15, -0.1) is 0 Å². The maximum atomic E-state index is 11.1. The van der Waals surface area contributed by atoms with Crippen LogP contribution >= 0.6 is 0 Å². The van der Waals surface area contributed by atoms with Crippen LogP contribution in [0, 0.1) is 0 Å². The molecule has 0 radical (unpaired) electrons. The first-order chi connectivity index (χ1) is 8.20. The molecule has 0 saturated carbocycles. The fourth-order valence-corrected chi connectivity index (χ4v) is 1.68. The molecule has 0 bridgehead atoms. The van der Waals surface area contributed by atoms with E-state index in [1.807, 2.05) is 43.5 Å². The van der Waals surface area contributed by atoms with Gasteiger partial charge in [-0.25, -0.2) is 9.66 Å². The topological polar surface area (TPSA) is 46.9 Å². The zero-order valence-electron chi connectivity index (χ0n) is 9.97. The SMILES string of the molecule is CCc1nc(-c2ccccc2)cn1NC(C)=O. The van der Waals surface area contributed by atoms with Gasteiger partial charge in [0.1, 0.15) is 5.82 Å². The van der Waals surface area contributed by atoms with Crippen LogP contribution in [0.4, 0.5) is 0 Å². The molecule has 17 heavy (non-hydrogen) atoms. The van der Waals surface area contributed by atoms with Crippen LogP contribution in [0.2, 0.25) is 0 Å². The molecule has 0 aliphatic heterocycles. The average molecular weight is 229 g/mol. The largest absolute Gasteiger partial charge is 0.274 e. The number of hydrogen-bond acceptors (Lipinski definition) is 2. The van der Waals surface area contributed by atoms with Crippen LogP contribution < -0.4 is 5.43 Å². The number of amides is 1. The molecule has 4 nitrogen and oxygen atoms in total. The van der Waals surface area contributed by atoms with Gasteiger partial charge in [-0.3, -0.25) is 10.2 Å². The Labute approximate surface area is 100 Å². The summed E-state index contributed by atoms with van der Waals surface area (Å²) in [4.78, 5) is 15.6. The van der Waals surface area contributed by atoms with Crippen LogP contribution in [-0.4, -0.2) is 15.6 Å². The van der Waals surface area contributed by atoms with E-state index >= 15 is 0 Å². The summed E-state index contributed by atoms with van der Waals surface area (Å²) in [5.74, 6) is 0.746. The summed E-state index contributed by atoms with van der Waals surface area (Å²) < 4.78 is 1.69. The highest BCUT2D eigenvalue weighted by Crippen LogP contribution is 2.17. The van der Waals surface area contributed by atoms with E-state index in [1.165, 1.54) is 6.92 Å². The highest BCUT2D eigenvalue weighted by molar-refractivity contribution is 5.81. The van der Waals surface area contributed by atoms with Crippen molar-refractivity contribution in [3.8, 4) is 11.3 Å². The molecule has 4 heteroatoms. The van der Waals surface area contributed by atoms with Crippen molar-refractivity contribution < 1.29 is 4.79 Å². The second kappa shape index (κ2) is 4.82. The van der Waals surface area contributed by atoms with E-state index in [0.717, 1.165) is 23.5 Å². The second-order valence-corrected chi connectivity index (χ2v) is 3.80. The molecule has 0 aliphatic rings. The number of carbonyl (C=O) groups is 1. The fraction of sp³-hybridized carbons (Fsp3) is 0.231. The molecule has 88 valence electrons. The smallest absolute Gasteiger partial charge is 0.235 e. The van der Waals surface area contributed by atoms with Crippen LogP contribution in [0.5, 0.6) is 0 Å². The number of aromatic nitrogens is 2. The number of imidazole rings is 1. The summed E-state index contributed by atoms with van der Waals surface area (Å²) in [5, 5.41) is 0. The third-order valence-corrected chi connectivity index (χ3v) is 2.44. The van der Waals surface area contributed by atoms with Crippen molar-refractivity contribution in [2.24, 2.45) is 0 Å². The standard InChI is InChI=1S/C13H15N3O/c1-3-13-14-12(9-16(13)15-10(2)17)11-7-5-4-6-8-11/h4-9H,3H2,1-2H3,(H,15,17). The highest BCUT2D eigenvalue weighted by Gasteiger charge is 2.08. The predicted molar refractivity (Wildman–Crippen MR) is 67.1 cm³/mol. The van der Waals surface area contributed by atoms with E-state index < -0.39 is 0 Å². The quantitative estimate of drug-likeness (QED) is 0.877. The summed E-state index contributed by atoms with van der Waals surface area (Å²) >= 11 is 0. The average Bonchev–Trinajstić information content (AvgIpc) is 2.72. The first-order valence-electron chi connectivity index (χ1n) is 5.62. The molecule has 1 aromatic carbocycles. The molecule has 2 aromatic rings. The number of benzene rings is 1. The molecule has 1 aromatic heterocycles. The molecule has 0 saturated heterocycles. The summed E-state index contributed by atoms with van der Waals surface area (Å²) in [6.45, 7) is 3.50. The van der Waals surface area contributed by atoms with Gasteiger partial charge in [0, 0.05) is 18.9 Å². The van der Waals surface area contributed by atoms with Crippen molar-refractivity contribution in [2.75, 3.05) is 5.43 Å². The van der Waals surface area contributed by atoms with E-state index in [1.54, 1.807) is 4.68 Å². The van der Waals surface area contributed by atoms with Gasteiger partial charge in [0.2, 0.25) is 5.91 Å². The van der Waals surface area contributed by atoms with E-state index in [4.69, 9.17) is 0 Å². The molecule has 0 atom stereocenters. The van der Waals surface area contributed by atoms with Crippen LogP contribution in [0.3, 0.4) is 0 Å². The van der Waals surface area contributed by atoms with Gasteiger partial charge in [0.15, 0.2) is 0 Å². The van der Waals surface area contributed by atoms with Crippen molar-refractivity contribution in [1.82, 2.24) is 9.66 Å².